The third kappa shape index (κ3) is 2.14. The number of carbonyl (C=O) groups is 2. The van der Waals surface area contributed by atoms with Crippen LogP contribution in [0.4, 0.5) is 0 Å². The average molecular weight is 327 g/mol. The van der Waals surface area contributed by atoms with Gasteiger partial charge in [-0.3, -0.25) is 14.5 Å². The van der Waals surface area contributed by atoms with Crippen LogP contribution in [-0.2, 0) is 16.0 Å². The molecule has 0 N–H and O–H groups in total. The predicted octanol–water partition coefficient (Wildman–Crippen LogP) is 2.05. The standard InChI is InChI=1S/C19H21NO4/c1-23-14-6-3-11(9-15(14)24-2)7-8-20-18(21)16-12-4-5-13(10-12)17(16)19(20)22/h3-6,9,12-13,16-17H,7-8,10H2,1-2H3/t12-,13+,16+,17-. The summed E-state index contributed by atoms with van der Waals surface area (Å²) in [6, 6.07) is 5.69. The van der Waals surface area contributed by atoms with Gasteiger partial charge in [0.15, 0.2) is 11.5 Å². The summed E-state index contributed by atoms with van der Waals surface area (Å²) >= 11 is 0. The Morgan fingerprint density at radius 3 is 2.21 bits per heavy atom. The lowest BCUT2D eigenvalue weighted by Crippen LogP contribution is -2.34. The van der Waals surface area contributed by atoms with Crippen LogP contribution in [0, 0.1) is 23.7 Å². The molecule has 2 bridgehead atoms. The third-order valence-corrected chi connectivity index (χ3v) is 5.63. The Balaban J connectivity index is 1.47. The zero-order chi connectivity index (χ0) is 16.8. The molecule has 0 spiro atoms. The molecule has 1 saturated heterocycles. The molecule has 5 heteroatoms. The first kappa shape index (κ1) is 15.2. The first-order chi connectivity index (χ1) is 11.6. The Morgan fingerprint density at radius 2 is 1.62 bits per heavy atom. The number of nitrogens with zero attached hydrogens (tertiary/aromatic N) is 1. The number of allylic oxidation sites excluding steroid dienone is 2. The number of amides is 2. The smallest absolute Gasteiger partial charge is 0.233 e. The molecule has 1 saturated carbocycles. The maximum Gasteiger partial charge on any atom is 0.233 e. The van der Waals surface area contributed by atoms with E-state index in [-0.39, 0.29) is 35.5 Å². The topological polar surface area (TPSA) is 55.8 Å². The fourth-order valence-corrected chi connectivity index (χ4v) is 4.46. The summed E-state index contributed by atoms with van der Waals surface area (Å²) in [5.41, 5.74) is 1.02. The lowest BCUT2D eigenvalue weighted by molar-refractivity contribution is -0.140. The van der Waals surface area contributed by atoms with Crippen LogP contribution in [0.25, 0.3) is 0 Å². The summed E-state index contributed by atoms with van der Waals surface area (Å²) in [5, 5.41) is 0. The van der Waals surface area contributed by atoms with Gasteiger partial charge in [0.2, 0.25) is 11.8 Å². The van der Waals surface area contributed by atoms with E-state index in [1.165, 1.54) is 4.90 Å². The van der Waals surface area contributed by atoms with Crippen molar-refractivity contribution in [2.75, 3.05) is 20.8 Å². The van der Waals surface area contributed by atoms with E-state index in [1.807, 2.05) is 18.2 Å². The van der Waals surface area contributed by atoms with Crippen LogP contribution in [0.3, 0.4) is 0 Å². The highest BCUT2D eigenvalue weighted by Crippen LogP contribution is 2.52. The molecule has 24 heavy (non-hydrogen) atoms. The van der Waals surface area contributed by atoms with Gasteiger partial charge in [0.05, 0.1) is 26.1 Å². The predicted molar refractivity (Wildman–Crippen MR) is 87.7 cm³/mol. The first-order valence-electron chi connectivity index (χ1n) is 8.38. The molecule has 0 radical (unpaired) electrons. The van der Waals surface area contributed by atoms with Crippen LogP contribution in [0.15, 0.2) is 30.4 Å². The van der Waals surface area contributed by atoms with Crippen molar-refractivity contribution in [1.82, 2.24) is 4.90 Å². The number of methoxy groups -OCH3 is 2. The van der Waals surface area contributed by atoms with E-state index in [0.717, 1.165) is 12.0 Å². The molecular weight excluding hydrogens is 306 g/mol. The molecular formula is C19H21NO4. The second-order valence-corrected chi connectivity index (χ2v) is 6.77. The lowest BCUT2D eigenvalue weighted by Gasteiger charge is -2.17. The largest absolute Gasteiger partial charge is 0.493 e. The summed E-state index contributed by atoms with van der Waals surface area (Å²) in [6.45, 7) is 0.430. The van der Waals surface area contributed by atoms with Gasteiger partial charge in [-0.15, -0.1) is 0 Å². The van der Waals surface area contributed by atoms with E-state index in [4.69, 9.17) is 9.47 Å². The molecule has 0 unspecified atom stereocenters. The first-order valence-corrected chi connectivity index (χ1v) is 8.38. The van der Waals surface area contributed by atoms with Crippen LogP contribution in [0.5, 0.6) is 11.5 Å². The minimum atomic E-state index is -0.113. The van der Waals surface area contributed by atoms with Gasteiger partial charge in [-0.25, -0.2) is 0 Å². The normalized spacial score (nSPS) is 30.2. The quantitative estimate of drug-likeness (QED) is 0.613. The second-order valence-electron chi connectivity index (χ2n) is 6.77. The van der Waals surface area contributed by atoms with Gasteiger partial charge >= 0.3 is 0 Å². The lowest BCUT2D eigenvalue weighted by atomic mass is 9.85. The SMILES string of the molecule is COc1ccc(CCN2C(=O)[C@@H]3[C@H](C2=O)[C@H]2C=C[C@@H]3C2)cc1OC. The van der Waals surface area contributed by atoms with Crippen molar-refractivity contribution in [2.45, 2.75) is 12.8 Å². The number of carbonyl (C=O) groups excluding carboxylic acids is 2. The van der Waals surface area contributed by atoms with E-state index in [9.17, 15) is 9.59 Å². The molecule has 5 nitrogen and oxygen atoms in total. The number of hydrogen-bond donors (Lipinski definition) is 0. The van der Waals surface area contributed by atoms with Crippen LogP contribution in [0.2, 0.25) is 0 Å². The minimum absolute atomic E-state index is 0.0160. The van der Waals surface area contributed by atoms with Crippen molar-refractivity contribution in [3.63, 3.8) is 0 Å². The Kier molecular flexibility index (Phi) is 3.59. The summed E-state index contributed by atoms with van der Waals surface area (Å²) in [6.07, 6.45) is 5.83. The maximum absolute atomic E-state index is 12.7. The third-order valence-electron chi connectivity index (χ3n) is 5.63. The summed E-state index contributed by atoms with van der Waals surface area (Å²) in [7, 11) is 3.19. The van der Waals surface area contributed by atoms with Gasteiger partial charge in [0.25, 0.3) is 0 Å². The van der Waals surface area contributed by atoms with Gasteiger partial charge in [-0.2, -0.15) is 0 Å². The van der Waals surface area contributed by atoms with Gasteiger partial charge < -0.3 is 9.47 Å². The summed E-state index contributed by atoms with van der Waals surface area (Å²) < 4.78 is 10.5. The molecule has 2 fully saturated rings. The number of hydrogen-bond acceptors (Lipinski definition) is 4. The molecule has 1 aromatic carbocycles. The zero-order valence-electron chi connectivity index (χ0n) is 13.9. The molecule has 1 heterocycles. The van der Waals surface area contributed by atoms with Crippen molar-refractivity contribution in [1.29, 1.82) is 0 Å². The van der Waals surface area contributed by atoms with Gasteiger partial charge in [0, 0.05) is 6.54 Å². The Hall–Kier alpha value is -2.30. The molecule has 126 valence electrons. The minimum Gasteiger partial charge on any atom is -0.493 e. The molecule has 4 atom stereocenters. The number of imide groups is 1. The van der Waals surface area contributed by atoms with Crippen molar-refractivity contribution in [2.24, 2.45) is 23.7 Å². The van der Waals surface area contributed by atoms with Gasteiger partial charge in [-0.05, 0) is 42.4 Å². The number of likely N-dealkylation sites (tertiary alicyclic amines) is 1. The molecule has 0 aromatic heterocycles. The molecule has 1 aromatic rings. The van der Waals surface area contributed by atoms with E-state index < -0.39 is 0 Å². The Bertz CT molecular complexity index is 696. The van der Waals surface area contributed by atoms with E-state index in [0.29, 0.717) is 24.5 Å². The van der Waals surface area contributed by atoms with Crippen molar-refractivity contribution < 1.29 is 19.1 Å². The average Bonchev–Trinajstić information content (AvgIpc) is 3.27. The number of benzene rings is 1. The molecule has 4 rings (SSSR count). The van der Waals surface area contributed by atoms with E-state index >= 15 is 0 Å². The van der Waals surface area contributed by atoms with Crippen LogP contribution >= 0.6 is 0 Å². The fourth-order valence-electron chi connectivity index (χ4n) is 4.46. The highest BCUT2D eigenvalue weighted by atomic mass is 16.5. The van der Waals surface area contributed by atoms with Gasteiger partial charge in [-0.1, -0.05) is 18.2 Å². The van der Waals surface area contributed by atoms with Gasteiger partial charge in [0.1, 0.15) is 0 Å². The monoisotopic (exact) mass is 327 g/mol. The van der Waals surface area contributed by atoms with Crippen LogP contribution in [-0.4, -0.2) is 37.5 Å². The summed E-state index contributed by atoms with van der Waals surface area (Å²) in [5.74, 6) is 1.67. The molecule has 2 aliphatic carbocycles. The fraction of sp³-hybridized carbons (Fsp3) is 0.474. The van der Waals surface area contributed by atoms with E-state index in [1.54, 1.807) is 14.2 Å². The van der Waals surface area contributed by atoms with Crippen molar-refractivity contribution >= 4 is 11.8 Å². The number of fused-ring (bicyclic) bond motifs is 5. The van der Waals surface area contributed by atoms with Crippen LogP contribution in [0.1, 0.15) is 12.0 Å². The van der Waals surface area contributed by atoms with Crippen molar-refractivity contribution in [3.8, 4) is 11.5 Å². The van der Waals surface area contributed by atoms with Crippen molar-refractivity contribution in [3.05, 3.63) is 35.9 Å². The number of ether oxygens (including phenoxy) is 2. The maximum atomic E-state index is 12.7. The Morgan fingerprint density at radius 1 is 1.00 bits per heavy atom. The Labute approximate surface area is 141 Å². The molecule has 3 aliphatic rings. The zero-order valence-corrected chi connectivity index (χ0v) is 13.9. The van der Waals surface area contributed by atoms with Crippen LogP contribution < -0.4 is 9.47 Å². The number of rotatable bonds is 5. The second kappa shape index (κ2) is 5.65. The highest BCUT2D eigenvalue weighted by Gasteiger charge is 2.58. The molecule has 1 aliphatic heterocycles. The summed E-state index contributed by atoms with van der Waals surface area (Å²) in [4.78, 5) is 26.8. The molecule has 2 amide bonds. The van der Waals surface area contributed by atoms with E-state index in [2.05, 4.69) is 12.2 Å². The highest BCUT2D eigenvalue weighted by molar-refractivity contribution is 6.06.